The molecule has 31 heavy (non-hydrogen) atoms. The third-order valence-electron chi connectivity index (χ3n) is 5.29. The number of nitrogens with one attached hydrogen (secondary N) is 1. The Labute approximate surface area is 186 Å². The fourth-order valence-corrected chi connectivity index (χ4v) is 5.32. The van der Waals surface area contributed by atoms with Gasteiger partial charge < -0.3 is 5.32 Å². The number of hydrogen-bond acceptors (Lipinski definition) is 4. The second-order valence-electron chi connectivity index (χ2n) is 7.38. The van der Waals surface area contributed by atoms with Crippen LogP contribution in [-0.4, -0.2) is 48.0 Å². The van der Waals surface area contributed by atoms with Crippen molar-refractivity contribution >= 4 is 27.5 Å². The highest BCUT2D eigenvalue weighted by atomic mass is 35.5. The molecule has 0 atom stereocenters. The molecule has 9 heteroatoms. The molecule has 0 radical (unpaired) electrons. The van der Waals surface area contributed by atoms with Crippen molar-refractivity contribution in [3.05, 3.63) is 77.1 Å². The van der Waals surface area contributed by atoms with Gasteiger partial charge in [0.05, 0.1) is 21.2 Å². The maximum absolute atomic E-state index is 12.8. The summed E-state index contributed by atoms with van der Waals surface area (Å²) in [7, 11) is -3.61. The molecule has 3 aromatic rings. The van der Waals surface area contributed by atoms with E-state index in [0.717, 1.165) is 24.1 Å². The Morgan fingerprint density at radius 1 is 1.10 bits per heavy atom. The molecule has 4 rings (SSSR count). The third kappa shape index (κ3) is 4.81. The van der Waals surface area contributed by atoms with Crippen molar-refractivity contribution in [2.75, 3.05) is 19.6 Å². The van der Waals surface area contributed by atoms with Crippen LogP contribution in [0.2, 0.25) is 5.02 Å². The molecule has 1 N–H and O–H groups in total. The standard InChI is InChI=1S/C22H23ClN4O3S/c23-21-9-8-19(31(29,30)26-13-1-2-14-26)16-20(21)22(28)24-12-10-17-4-6-18(7-5-17)27-15-3-11-25-27/h3-9,11,15-16H,1-2,10,12-14H2,(H,24,28). The molecule has 1 amide bonds. The SMILES string of the molecule is O=C(NCCc1ccc(-n2cccn2)cc1)c1cc(S(=O)(=O)N2CCCC2)ccc1Cl. The summed E-state index contributed by atoms with van der Waals surface area (Å²) in [5.41, 5.74) is 2.18. The van der Waals surface area contributed by atoms with E-state index in [4.69, 9.17) is 11.6 Å². The molecular formula is C22H23ClN4O3S. The van der Waals surface area contributed by atoms with Gasteiger partial charge in [-0.3, -0.25) is 4.79 Å². The van der Waals surface area contributed by atoms with Crippen molar-refractivity contribution in [2.45, 2.75) is 24.2 Å². The van der Waals surface area contributed by atoms with E-state index in [1.807, 2.05) is 36.5 Å². The molecule has 2 aromatic carbocycles. The van der Waals surface area contributed by atoms with Crippen molar-refractivity contribution in [3.8, 4) is 5.69 Å². The van der Waals surface area contributed by atoms with Gasteiger partial charge in [-0.1, -0.05) is 23.7 Å². The van der Waals surface area contributed by atoms with E-state index in [2.05, 4.69) is 10.4 Å². The van der Waals surface area contributed by atoms with Gasteiger partial charge in [-0.05, 0) is 61.2 Å². The molecule has 7 nitrogen and oxygen atoms in total. The van der Waals surface area contributed by atoms with Gasteiger partial charge in [-0.15, -0.1) is 0 Å². The zero-order valence-electron chi connectivity index (χ0n) is 16.9. The summed E-state index contributed by atoms with van der Waals surface area (Å²) in [5.74, 6) is -0.392. The van der Waals surface area contributed by atoms with E-state index < -0.39 is 15.9 Å². The van der Waals surface area contributed by atoms with E-state index in [9.17, 15) is 13.2 Å². The minimum Gasteiger partial charge on any atom is -0.352 e. The summed E-state index contributed by atoms with van der Waals surface area (Å²) in [5, 5.41) is 7.25. The van der Waals surface area contributed by atoms with Gasteiger partial charge in [0.15, 0.2) is 0 Å². The van der Waals surface area contributed by atoms with Crippen LogP contribution in [0.3, 0.4) is 0 Å². The lowest BCUT2D eigenvalue weighted by Crippen LogP contribution is -2.29. The van der Waals surface area contributed by atoms with Crippen molar-refractivity contribution in [1.82, 2.24) is 19.4 Å². The van der Waals surface area contributed by atoms with Crippen molar-refractivity contribution < 1.29 is 13.2 Å². The monoisotopic (exact) mass is 458 g/mol. The quantitative estimate of drug-likeness (QED) is 0.588. The van der Waals surface area contributed by atoms with E-state index in [-0.39, 0.29) is 15.5 Å². The van der Waals surface area contributed by atoms with Crippen LogP contribution in [0.15, 0.2) is 65.8 Å². The first-order valence-electron chi connectivity index (χ1n) is 10.1. The molecule has 2 heterocycles. The minimum atomic E-state index is -3.61. The Hall–Kier alpha value is -2.68. The number of carbonyl (C=O) groups excluding carboxylic acids is 1. The van der Waals surface area contributed by atoms with E-state index in [1.165, 1.54) is 22.5 Å². The lowest BCUT2D eigenvalue weighted by atomic mass is 10.1. The number of sulfonamides is 1. The molecule has 0 bridgehead atoms. The molecule has 0 saturated carbocycles. The molecule has 0 unspecified atom stereocenters. The summed E-state index contributed by atoms with van der Waals surface area (Å²) in [6, 6.07) is 14.0. The molecule has 162 valence electrons. The fraction of sp³-hybridized carbons (Fsp3) is 0.273. The van der Waals surface area contributed by atoms with Crippen LogP contribution in [0.1, 0.15) is 28.8 Å². The van der Waals surface area contributed by atoms with Crippen molar-refractivity contribution in [2.24, 2.45) is 0 Å². The van der Waals surface area contributed by atoms with Crippen LogP contribution >= 0.6 is 11.6 Å². The van der Waals surface area contributed by atoms with Gasteiger partial charge in [0.25, 0.3) is 5.91 Å². The van der Waals surface area contributed by atoms with E-state index in [0.29, 0.717) is 26.1 Å². The van der Waals surface area contributed by atoms with Crippen LogP contribution in [0.5, 0.6) is 0 Å². The zero-order valence-corrected chi connectivity index (χ0v) is 18.4. The average Bonchev–Trinajstić information content (AvgIpc) is 3.49. The van der Waals surface area contributed by atoms with Gasteiger partial charge >= 0.3 is 0 Å². The lowest BCUT2D eigenvalue weighted by molar-refractivity contribution is 0.0954. The second kappa shape index (κ2) is 9.21. The largest absolute Gasteiger partial charge is 0.352 e. The number of rotatable bonds is 7. The Bertz CT molecular complexity index is 1160. The van der Waals surface area contributed by atoms with Crippen LogP contribution < -0.4 is 5.32 Å². The van der Waals surface area contributed by atoms with Gasteiger partial charge in [0.2, 0.25) is 10.0 Å². The van der Waals surface area contributed by atoms with Crippen LogP contribution in [0, 0.1) is 0 Å². The first-order valence-corrected chi connectivity index (χ1v) is 11.9. The van der Waals surface area contributed by atoms with Gasteiger partial charge in [-0.25, -0.2) is 13.1 Å². The zero-order chi connectivity index (χ0) is 21.8. The van der Waals surface area contributed by atoms with Gasteiger partial charge in [0, 0.05) is 32.0 Å². The van der Waals surface area contributed by atoms with E-state index >= 15 is 0 Å². The van der Waals surface area contributed by atoms with Gasteiger partial charge in [-0.2, -0.15) is 9.40 Å². The third-order valence-corrected chi connectivity index (χ3v) is 7.51. The predicted octanol–water partition coefficient (Wildman–Crippen LogP) is 3.28. The first kappa shape index (κ1) is 21.5. The Kier molecular flexibility index (Phi) is 6.41. The summed E-state index contributed by atoms with van der Waals surface area (Å²) in [4.78, 5) is 12.7. The number of aromatic nitrogens is 2. The number of hydrogen-bond donors (Lipinski definition) is 1. The lowest BCUT2D eigenvalue weighted by Gasteiger charge is -2.16. The van der Waals surface area contributed by atoms with E-state index in [1.54, 1.807) is 10.9 Å². The summed E-state index contributed by atoms with van der Waals surface area (Å²) < 4.78 is 28.8. The van der Waals surface area contributed by atoms with Crippen LogP contribution in [-0.2, 0) is 16.4 Å². The highest BCUT2D eigenvalue weighted by Crippen LogP contribution is 2.25. The molecule has 1 saturated heterocycles. The first-order chi connectivity index (χ1) is 14.9. The number of benzene rings is 2. The average molecular weight is 459 g/mol. The molecule has 1 aromatic heterocycles. The Balaban J connectivity index is 1.39. The molecule has 1 fully saturated rings. The Morgan fingerprint density at radius 2 is 1.84 bits per heavy atom. The van der Waals surface area contributed by atoms with Crippen molar-refractivity contribution in [1.29, 1.82) is 0 Å². The highest BCUT2D eigenvalue weighted by molar-refractivity contribution is 7.89. The number of carbonyl (C=O) groups is 1. The second-order valence-corrected chi connectivity index (χ2v) is 9.72. The summed E-state index contributed by atoms with van der Waals surface area (Å²) in [6.07, 6.45) is 5.93. The molecule has 1 aliphatic rings. The molecular weight excluding hydrogens is 436 g/mol. The predicted molar refractivity (Wildman–Crippen MR) is 119 cm³/mol. The normalized spacial score (nSPS) is 14.6. The van der Waals surface area contributed by atoms with Crippen molar-refractivity contribution in [3.63, 3.8) is 0 Å². The maximum atomic E-state index is 12.8. The molecule has 0 spiro atoms. The highest BCUT2D eigenvalue weighted by Gasteiger charge is 2.28. The van der Waals surface area contributed by atoms with Crippen LogP contribution in [0.4, 0.5) is 0 Å². The van der Waals surface area contributed by atoms with Gasteiger partial charge in [0.1, 0.15) is 0 Å². The molecule has 0 aliphatic carbocycles. The molecule has 1 aliphatic heterocycles. The minimum absolute atomic E-state index is 0.0955. The summed E-state index contributed by atoms with van der Waals surface area (Å²) in [6.45, 7) is 1.41. The number of halogens is 1. The Morgan fingerprint density at radius 3 is 2.52 bits per heavy atom. The topological polar surface area (TPSA) is 84.3 Å². The number of nitrogens with zero attached hydrogens (tertiary/aromatic N) is 3. The fourth-order valence-electron chi connectivity index (χ4n) is 3.57. The smallest absolute Gasteiger partial charge is 0.252 e. The summed E-state index contributed by atoms with van der Waals surface area (Å²) >= 11 is 6.19. The maximum Gasteiger partial charge on any atom is 0.252 e. The number of amides is 1. The van der Waals surface area contributed by atoms with Crippen LogP contribution in [0.25, 0.3) is 5.69 Å².